The van der Waals surface area contributed by atoms with Crippen molar-refractivity contribution in [2.24, 2.45) is 11.8 Å². The third-order valence-corrected chi connectivity index (χ3v) is 9.33. The van der Waals surface area contributed by atoms with Crippen LogP contribution in [0.2, 0.25) is 0 Å². The molecule has 0 fully saturated rings. The van der Waals surface area contributed by atoms with Crippen molar-refractivity contribution in [2.45, 2.75) is 66.2 Å². The minimum Gasteiger partial charge on any atom is -0.0778 e. The molecule has 0 amide bonds. The summed E-state index contributed by atoms with van der Waals surface area (Å²) in [6.07, 6.45) is 11.2. The average molecular weight is 367 g/mol. The van der Waals surface area contributed by atoms with Crippen LogP contribution in [-0.2, 0) is 0 Å². The van der Waals surface area contributed by atoms with E-state index in [1.807, 2.05) is 0 Å². The lowest BCUT2D eigenvalue weighted by Gasteiger charge is -2.22. The number of unbranched alkanes of at least 4 members (excludes halogenated alkanes) is 2. The van der Waals surface area contributed by atoms with E-state index in [1.54, 1.807) is 10.6 Å². The van der Waals surface area contributed by atoms with E-state index in [0.717, 1.165) is 11.8 Å². The Labute approximate surface area is 154 Å². The Morgan fingerprint density at radius 1 is 0.667 bits per heavy atom. The van der Waals surface area contributed by atoms with Crippen molar-refractivity contribution in [1.29, 1.82) is 0 Å². The highest BCUT2D eigenvalue weighted by atomic mass is 31.1. The summed E-state index contributed by atoms with van der Waals surface area (Å²) in [6, 6.07) is 9.37. The molecule has 1 aromatic rings. The summed E-state index contributed by atoms with van der Waals surface area (Å²) in [5.74, 6) is 1.71. The summed E-state index contributed by atoms with van der Waals surface area (Å²) < 4.78 is 0. The highest BCUT2D eigenvalue weighted by molar-refractivity contribution is 7.71. The van der Waals surface area contributed by atoms with Crippen molar-refractivity contribution in [2.75, 3.05) is 25.7 Å². The highest BCUT2D eigenvalue weighted by Crippen LogP contribution is 2.37. The molecule has 2 heteroatoms. The molecule has 0 nitrogen and oxygen atoms in total. The van der Waals surface area contributed by atoms with Crippen LogP contribution < -0.4 is 10.6 Å². The van der Waals surface area contributed by atoms with Gasteiger partial charge in [0.15, 0.2) is 0 Å². The van der Waals surface area contributed by atoms with Crippen LogP contribution in [0.3, 0.4) is 0 Å². The molecule has 1 rings (SSSR count). The molecule has 2 atom stereocenters. The molecule has 0 radical (unpaired) electrons. The highest BCUT2D eigenvalue weighted by Gasteiger charge is 2.14. The lowest BCUT2D eigenvalue weighted by atomic mass is 10.1. The van der Waals surface area contributed by atoms with Crippen LogP contribution in [0.25, 0.3) is 0 Å². The van der Waals surface area contributed by atoms with Crippen molar-refractivity contribution < 1.29 is 0 Å². The molecule has 0 spiro atoms. The van der Waals surface area contributed by atoms with Crippen molar-refractivity contribution in [3.63, 3.8) is 0 Å². The first kappa shape index (κ1) is 22.1. The monoisotopic (exact) mass is 366 g/mol. The van der Waals surface area contributed by atoms with Crippen LogP contribution in [-0.4, -0.2) is 25.7 Å². The largest absolute Gasteiger partial charge is 0.0778 e. The number of benzene rings is 1. The first-order valence-corrected chi connectivity index (χ1v) is 13.9. The van der Waals surface area contributed by atoms with Crippen LogP contribution in [0.1, 0.15) is 66.2 Å². The third-order valence-electron chi connectivity index (χ3n) is 4.75. The summed E-state index contributed by atoms with van der Waals surface area (Å²) in [7, 11) is 0.0550. The zero-order chi connectivity index (χ0) is 17.9. The molecule has 0 aromatic heterocycles. The van der Waals surface area contributed by atoms with E-state index in [4.69, 9.17) is 0 Å². The maximum atomic E-state index is 2.51. The standard InChI is InChI=1S/C22H40P2/c1-19(2)13-9-11-17-23(5)21-15-7-8-16-22(21)24(6)18-12-10-14-20(3)4/h7-8,15-16,19-20H,9-14,17-18H2,1-6H3/t23-,24-/m0/s1. The molecule has 0 bridgehead atoms. The third kappa shape index (κ3) is 8.97. The molecule has 0 saturated carbocycles. The fraction of sp³-hybridized carbons (Fsp3) is 0.727. The van der Waals surface area contributed by atoms with Crippen LogP contribution >= 0.6 is 15.8 Å². The van der Waals surface area contributed by atoms with Gasteiger partial charge in [-0.3, -0.25) is 0 Å². The normalized spacial score (nSPS) is 14.3. The van der Waals surface area contributed by atoms with E-state index in [0.29, 0.717) is 0 Å². The number of hydrogen-bond acceptors (Lipinski definition) is 0. The lowest BCUT2D eigenvalue weighted by Crippen LogP contribution is -2.22. The van der Waals surface area contributed by atoms with Crippen molar-refractivity contribution >= 4 is 26.5 Å². The molecular weight excluding hydrogens is 326 g/mol. The predicted molar refractivity (Wildman–Crippen MR) is 119 cm³/mol. The fourth-order valence-corrected chi connectivity index (χ4v) is 7.67. The average Bonchev–Trinajstić information content (AvgIpc) is 2.54. The van der Waals surface area contributed by atoms with Gasteiger partial charge in [0, 0.05) is 0 Å². The second-order valence-electron chi connectivity index (χ2n) is 8.11. The minimum absolute atomic E-state index is 0.0275. The molecule has 0 unspecified atom stereocenters. The molecule has 0 heterocycles. The summed E-state index contributed by atoms with van der Waals surface area (Å²) in [5.41, 5.74) is 0. The summed E-state index contributed by atoms with van der Waals surface area (Å²) in [6.45, 7) is 14.4. The second-order valence-corrected chi connectivity index (χ2v) is 12.8. The zero-order valence-electron chi connectivity index (χ0n) is 17.0. The van der Waals surface area contributed by atoms with Crippen LogP contribution in [0, 0.1) is 11.8 Å². The van der Waals surface area contributed by atoms with Gasteiger partial charge in [-0.1, -0.05) is 93.5 Å². The maximum absolute atomic E-state index is 2.51. The molecular formula is C22H40P2. The SMILES string of the molecule is CC(C)CCCC[P@](C)c1ccccc1[P@@](C)CCCCC(C)C. The lowest BCUT2D eigenvalue weighted by molar-refractivity contribution is 0.551. The van der Waals surface area contributed by atoms with E-state index in [-0.39, 0.29) is 15.8 Å². The Balaban J connectivity index is 2.53. The van der Waals surface area contributed by atoms with Gasteiger partial charge in [0.1, 0.15) is 0 Å². The van der Waals surface area contributed by atoms with Gasteiger partial charge in [-0.2, -0.15) is 0 Å². The van der Waals surface area contributed by atoms with Gasteiger partial charge in [-0.15, -0.1) is 0 Å². The molecule has 24 heavy (non-hydrogen) atoms. The number of hydrogen-bond donors (Lipinski definition) is 0. The zero-order valence-corrected chi connectivity index (χ0v) is 18.8. The summed E-state index contributed by atoms with van der Waals surface area (Å²) in [4.78, 5) is 0. The molecule has 0 aliphatic carbocycles. The molecule has 0 saturated heterocycles. The summed E-state index contributed by atoms with van der Waals surface area (Å²) in [5, 5.41) is 3.41. The second kappa shape index (κ2) is 12.4. The molecule has 0 N–H and O–H groups in total. The Morgan fingerprint density at radius 2 is 1.04 bits per heavy atom. The number of rotatable bonds is 12. The predicted octanol–water partition coefficient (Wildman–Crippen LogP) is 6.81. The van der Waals surface area contributed by atoms with Gasteiger partial charge in [0.2, 0.25) is 0 Å². The first-order valence-electron chi connectivity index (χ1n) is 9.93. The van der Waals surface area contributed by atoms with E-state index in [1.165, 1.54) is 50.8 Å². The Bertz CT molecular complexity index is 398. The van der Waals surface area contributed by atoms with Crippen molar-refractivity contribution in [3.8, 4) is 0 Å². The summed E-state index contributed by atoms with van der Waals surface area (Å²) >= 11 is 0. The van der Waals surface area contributed by atoms with E-state index in [9.17, 15) is 0 Å². The van der Waals surface area contributed by atoms with Crippen LogP contribution in [0.15, 0.2) is 24.3 Å². The van der Waals surface area contributed by atoms with Gasteiger partial charge in [-0.05, 0) is 60.9 Å². The van der Waals surface area contributed by atoms with E-state index < -0.39 is 0 Å². The Morgan fingerprint density at radius 3 is 1.38 bits per heavy atom. The van der Waals surface area contributed by atoms with Crippen LogP contribution in [0.5, 0.6) is 0 Å². The molecule has 0 aliphatic heterocycles. The van der Waals surface area contributed by atoms with Gasteiger partial charge >= 0.3 is 0 Å². The van der Waals surface area contributed by atoms with Crippen molar-refractivity contribution in [3.05, 3.63) is 24.3 Å². The van der Waals surface area contributed by atoms with Gasteiger partial charge in [0.05, 0.1) is 0 Å². The van der Waals surface area contributed by atoms with Gasteiger partial charge in [-0.25, -0.2) is 0 Å². The molecule has 1 aromatic carbocycles. The molecule has 138 valence electrons. The smallest absolute Gasteiger partial charge is 0.0167 e. The van der Waals surface area contributed by atoms with E-state index >= 15 is 0 Å². The topological polar surface area (TPSA) is 0 Å². The minimum atomic E-state index is 0.0275. The first-order chi connectivity index (χ1) is 11.4. The van der Waals surface area contributed by atoms with E-state index in [2.05, 4.69) is 65.3 Å². The van der Waals surface area contributed by atoms with Crippen molar-refractivity contribution in [1.82, 2.24) is 0 Å². The van der Waals surface area contributed by atoms with Gasteiger partial charge < -0.3 is 0 Å². The van der Waals surface area contributed by atoms with Crippen LogP contribution in [0.4, 0.5) is 0 Å². The quantitative estimate of drug-likeness (QED) is 0.281. The van der Waals surface area contributed by atoms with Gasteiger partial charge in [0.25, 0.3) is 0 Å². The Kier molecular flexibility index (Phi) is 11.5. The Hall–Kier alpha value is 0.0800. The fourth-order valence-electron chi connectivity index (χ4n) is 3.15. The molecule has 0 aliphatic rings. The maximum Gasteiger partial charge on any atom is -0.0167 e.